The third-order valence-corrected chi connectivity index (χ3v) is 7.68. The molecule has 1 fully saturated rings. The molecule has 2 aromatic heterocycles. The van der Waals surface area contributed by atoms with Gasteiger partial charge in [-0.3, -0.25) is 4.90 Å². The van der Waals surface area contributed by atoms with Crippen LogP contribution < -0.4 is 5.32 Å². The Kier molecular flexibility index (Phi) is 6.04. The third-order valence-electron chi connectivity index (χ3n) is 6.64. The van der Waals surface area contributed by atoms with Gasteiger partial charge >= 0.3 is 6.18 Å². The summed E-state index contributed by atoms with van der Waals surface area (Å²) in [5.74, 6) is 0.614. The number of hydrogen-bond acceptors (Lipinski definition) is 6. The molecule has 5 nitrogen and oxygen atoms in total. The molecule has 0 atom stereocenters. The summed E-state index contributed by atoms with van der Waals surface area (Å²) in [6, 6.07) is 8.37. The molecular weight excluding hydrogens is 459 g/mol. The molecule has 0 spiro atoms. The summed E-state index contributed by atoms with van der Waals surface area (Å²) in [5.41, 5.74) is 5.77. The van der Waals surface area contributed by atoms with E-state index in [1.807, 2.05) is 6.08 Å². The largest absolute Gasteiger partial charge is 0.393 e. The van der Waals surface area contributed by atoms with E-state index in [0.717, 1.165) is 55.8 Å². The Morgan fingerprint density at radius 1 is 1.24 bits per heavy atom. The van der Waals surface area contributed by atoms with Gasteiger partial charge in [0.25, 0.3) is 0 Å². The van der Waals surface area contributed by atoms with Crippen molar-refractivity contribution in [3.8, 4) is 6.07 Å². The van der Waals surface area contributed by atoms with Crippen molar-refractivity contribution in [3.05, 3.63) is 57.2 Å². The molecule has 0 radical (unpaired) electrons. The van der Waals surface area contributed by atoms with Crippen LogP contribution in [0.25, 0.3) is 16.3 Å². The van der Waals surface area contributed by atoms with Crippen LogP contribution in [0, 0.1) is 18.3 Å². The molecule has 0 unspecified atom stereocenters. The van der Waals surface area contributed by atoms with Gasteiger partial charge in [0.2, 0.25) is 0 Å². The highest BCUT2D eigenvalue weighted by molar-refractivity contribution is 7.18. The molecule has 2 aliphatic rings. The molecule has 9 heteroatoms. The van der Waals surface area contributed by atoms with E-state index in [0.29, 0.717) is 16.0 Å². The highest BCUT2D eigenvalue weighted by Gasteiger charge is 2.29. The number of hydrogen-bond donors (Lipinski definition) is 1. The van der Waals surface area contributed by atoms with Crippen molar-refractivity contribution in [1.29, 1.82) is 5.26 Å². The lowest BCUT2D eigenvalue weighted by Crippen LogP contribution is -2.39. The van der Waals surface area contributed by atoms with Gasteiger partial charge in [-0.05, 0) is 54.2 Å². The van der Waals surface area contributed by atoms with Gasteiger partial charge in [0.1, 0.15) is 17.0 Å². The van der Waals surface area contributed by atoms with Crippen molar-refractivity contribution in [3.63, 3.8) is 0 Å². The zero-order valence-electron chi connectivity index (χ0n) is 18.7. The second kappa shape index (κ2) is 9.01. The summed E-state index contributed by atoms with van der Waals surface area (Å²) in [6.07, 6.45) is 0.818. The number of alkyl halides is 3. The Labute approximate surface area is 199 Å². The summed E-state index contributed by atoms with van der Waals surface area (Å²) in [7, 11) is 0. The highest BCUT2D eigenvalue weighted by atomic mass is 32.1. The van der Waals surface area contributed by atoms with Crippen LogP contribution in [0.3, 0.4) is 0 Å². The normalized spacial score (nSPS) is 17.0. The van der Waals surface area contributed by atoms with Crippen LogP contribution in [0.2, 0.25) is 0 Å². The van der Waals surface area contributed by atoms with Crippen molar-refractivity contribution in [2.75, 3.05) is 18.4 Å². The van der Waals surface area contributed by atoms with Crippen molar-refractivity contribution in [2.45, 2.75) is 51.4 Å². The number of thiophene rings is 1. The first-order valence-corrected chi connectivity index (χ1v) is 12.1. The van der Waals surface area contributed by atoms with Crippen molar-refractivity contribution in [1.82, 2.24) is 14.9 Å². The molecule has 176 valence electrons. The highest BCUT2D eigenvalue weighted by Crippen LogP contribution is 2.34. The number of nitriles is 1. The summed E-state index contributed by atoms with van der Waals surface area (Å²) in [4.78, 5) is 11.7. The number of rotatable bonds is 5. The number of allylic oxidation sites excluding steroid dienone is 1. The lowest BCUT2D eigenvalue weighted by atomic mass is 9.97. The Bertz CT molecular complexity index is 1300. The van der Waals surface area contributed by atoms with Crippen LogP contribution >= 0.6 is 11.3 Å². The molecule has 3 heterocycles. The van der Waals surface area contributed by atoms with Crippen molar-refractivity contribution in [2.24, 2.45) is 0 Å². The maximum absolute atomic E-state index is 12.8. The smallest absolute Gasteiger partial charge is 0.367 e. The van der Waals surface area contributed by atoms with Crippen LogP contribution in [-0.2, 0) is 19.4 Å². The first-order chi connectivity index (χ1) is 16.3. The van der Waals surface area contributed by atoms with Gasteiger partial charge < -0.3 is 5.32 Å². The molecule has 1 aromatic carbocycles. The second-order valence-electron chi connectivity index (χ2n) is 9.02. The van der Waals surface area contributed by atoms with E-state index in [4.69, 9.17) is 0 Å². The molecule has 1 aliphatic heterocycles. The maximum Gasteiger partial charge on any atom is 0.393 e. The molecule has 1 N–H and O–H groups in total. The van der Waals surface area contributed by atoms with Gasteiger partial charge in [-0.2, -0.15) is 18.4 Å². The number of piperidine rings is 1. The Morgan fingerprint density at radius 3 is 2.76 bits per heavy atom. The van der Waals surface area contributed by atoms with Crippen LogP contribution in [0.5, 0.6) is 0 Å². The predicted octanol–water partition coefficient (Wildman–Crippen LogP) is 5.64. The molecule has 34 heavy (non-hydrogen) atoms. The first kappa shape index (κ1) is 22.8. The number of nitrogens with one attached hydrogen (secondary N) is 1. The number of aromatic nitrogens is 2. The second-order valence-corrected chi connectivity index (χ2v) is 10.1. The number of halogens is 3. The predicted molar refractivity (Wildman–Crippen MR) is 128 cm³/mol. The number of benzene rings is 1. The maximum atomic E-state index is 12.8. The number of anilines is 1. The fourth-order valence-corrected chi connectivity index (χ4v) is 5.86. The Hall–Kier alpha value is -2.96. The quantitative estimate of drug-likeness (QED) is 0.509. The minimum absolute atomic E-state index is 0.211. The van der Waals surface area contributed by atoms with E-state index >= 15 is 0 Å². The molecule has 0 amide bonds. The summed E-state index contributed by atoms with van der Waals surface area (Å²) in [5, 5.41) is 13.3. The van der Waals surface area contributed by atoms with E-state index in [9.17, 15) is 18.4 Å². The SMILES string of the molecule is Cc1c(CN2CCC(Nc3ncnc4sc(CC(F)(F)F)cc34)CC2)ccc2c1C=C(C#N)C2. The minimum Gasteiger partial charge on any atom is -0.367 e. The monoisotopic (exact) mass is 483 g/mol. The third kappa shape index (κ3) is 4.79. The van der Waals surface area contributed by atoms with Gasteiger partial charge in [-0.1, -0.05) is 12.1 Å². The average Bonchev–Trinajstić information content (AvgIpc) is 3.40. The first-order valence-electron chi connectivity index (χ1n) is 11.3. The van der Waals surface area contributed by atoms with Crippen LogP contribution in [0.15, 0.2) is 30.1 Å². The summed E-state index contributed by atoms with van der Waals surface area (Å²) < 4.78 is 38.4. The topological polar surface area (TPSA) is 64.8 Å². The standard InChI is InChI=1S/C25H24F3N5S/c1-15-18(3-2-17-8-16(12-29)9-21(15)17)13-33-6-4-19(5-7-33)32-23-22-10-20(11-25(26,27)28)34-24(22)31-14-30-23/h2-3,9-10,14,19H,4-8,11,13H2,1H3,(H,30,31,32). The summed E-state index contributed by atoms with van der Waals surface area (Å²) >= 11 is 1.07. The molecule has 5 rings (SSSR count). The molecule has 3 aromatic rings. The van der Waals surface area contributed by atoms with Crippen LogP contribution in [0.4, 0.5) is 19.0 Å². The van der Waals surface area contributed by atoms with E-state index in [1.54, 1.807) is 6.07 Å². The molecule has 1 saturated heterocycles. The van der Waals surface area contributed by atoms with Gasteiger partial charge in [-0.15, -0.1) is 11.3 Å². The van der Waals surface area contributed by atoms with E-state index in [-0.39, 0.29) is 10.9 Å². The van der Waals surface area contributed by atoms with E-state index < -0.39 is 12.6 Å². The van der Waals surface area contributed by atoms with Gasteiger partial charge in [-0.25, -0.2) is 9.97 Å². The minimum atomic E-state index is -4.24. The zero-order valence-corrected chi connectivity index (χ0v) is 19.6. The fourth-order valence-electron chi connectivity index (χ4n) is 4.83. The number of fused-ring (bicyclic) bond motifs is 2. The van der Waals surface area contributed by atoms with Crippen LogP contribution in [0.1, 0.15) is 40.0 Å². The lowest BCUT2D eigenvalue weighted by Gasteiger charge is -2.33. The Morgan fingerprint density at radius 2 is 2.03 bits per heavy atom. The molecule has 1 aliphatic carbocycles. The fraction of sp³-hybridized carbons (Fsp3) is 0.400. The Balaban J connectivity index is 1.22. The van der Waals surface area contributed by atoms with Crippen LogP contribution in [-0.4, -0.2) is 40.2 Å². The summed E-state index contributed by atoms with van der Waals surface area (Å²) in [6.45, 7) is 4.84. The lowest BCUT2D eigenvalue weighted by molar-refractivity contribution is -0.126. The molecular formula is C25H24F3N5S. The zero-order chi connectivity index (χ0) is 23.9. The van der Waals surface area contributed by atoms with Crippen molar-refractivity contribution < 1.29 is 13.2 Å². The van der Waals surface area contributed by atoms with Gasteiger partial charge in [0.15, 0.2) is 0 Å². The van der Waals surface area contributed by atoms with E-state index in [1.165, 1.54) is 28.6 Å². The molecule has 0 bridgehead atoms. The van der Waals surface area contributed by atoms with Crippen molar-refractivity contribution >= 4 is 33.4 Å². The number of nitrogens with zero attached hydrogens (tertiary/aromatic N) is 4. The van der Waals surface area contributed by atoms with Gasteiger partial charge in [0.05, 0.1) is 17.9 Å². The van der Waals surface area contributed by atoms with Gasteiger partial charge in [0, 0.05) is 42.5 Å². The average molecular weight is 484 g/mol. The molecule has 0 saturated carbocycles. The van der Waals surface area contributed by atoms with E-state index in [2.05, 4.69) is 45.3 Å². The number of likely N-dealkylation sites (tertiary alicyclic amines) is 1.